The van der Waals surface area contributed by atoms with Crippen LogP contribution in [-0.2, 0) is 13.0 Å². The Bertz CT molecular complexity index is 1490. The molecule has 6 nitrogen and oxygen atoms in total. The number of ether oxygens (including phenoxy) is 2. The van der Waals surface area contributed by atoms with Crippen molar-refractivity contribution in [3.63, 3.8) is 0 Å². The van der Waals surface area contributed by atoms with E-state index in [2.05, 4.69) is 66.5 Å². The van der Waals surface area contributed by atoms with Crippen molar-refractivity contribution in [3.05, 3.63) is 94.4 Å². The van der Waals surface area contributed by atoms with Gasteiger partial charge in [0.15, 0.2) is 11.5 Å². The van der Waals surface area contributed by atoms with Gasteiger partial charge in [-0.2, -0.15) is 9.78 Å². The second kappa shape index (κ2) is 13.0. The molecule has 0 amide bonds. The van der Waals surface area contributed by atoms with Crippen LogP contribution in [0.5, 0.6) is 11.5 Å². The molecule has 0 fully saturated rings. The lowest BCUT2D eigenvalue weighted by molar-refractivity contribution is 0.267. The van der Waals surface area contributed by atoms with Crippen LogP contribution in [0.4, 0.5) is 0 Å². The number of aryl methyl sites for hydroxylation is 1. The third kappa shape index (κ3) is 7.00. The highest BCUT2D eigenvalue weighted by molar-refractivity contribution is 14.1. The van der Waals surface area contributed by atoms with Crippen molar-refractivity contribution in [1.82, 2.24) is 9.66 Å². The number of fused-ring (bicyclic) bond motifs is 1. The van der Waals surface area contributed by atoms with Gasteiger partial charge in [-0.3, -0.25) is 4.79 Å². The lowest BCUT2D eigenvalue weighted by Crippen LogP contribution is -2.22. The molecule has 4 rings (SSSR count). The SMILES string of the molecule is CCCCc1nc2ccc(Br)cc2c(=O)n1N=Cc1cc(I)c(OCc2ccc(Br)cc2)c(OCC)c1. The summed E-state index contributed by atoms with van der Waals surface area (Å²) in [6.07, 6.45) is 4.25. The van der Waals surface area contributed by atoms with Gasteiger partial charge in [-0.1, -0.05) is 57.3 Å². The maximum atomic E-state index is 13.4. The van der Waals surface area contributed by atoms with Crippen LogP contribution in [0, 0.1) is 3.57 Å². The molecule has 0 saturated carbocycles. The van der Waals surface area contributed by atoms with Crippen molar-refractivity contribution in [2.75, 3.05) is 6.61 Å². The zero-order valence-corrected chi connectivity index (χ0v) is 25.8. The van der Waals surface area contributed by atoms with Crippen LogP contribution in [0.25, 0.3) is 10.9 Å². The van der Waals surface area contributed by atoms with E-state index in [9.17, 15) is 4.79 Å². The van der Waals surface area contributed by atoms with Gasteiger partial charge in [-0.15, -0.1) is 0 Å². The van der Waals surface area contributed by atoms with Gasteiger partial charge < -0.3 is 9.47 Å². The predicted molar refractivity (Wildman–Crippen MR) is 164 cm³/mol. The Morgan fingerprint density at radius 1 is 1.03 bits per heavy atom. The number of hydrogen-bond acceptors (Lipinski definition) is 5. The summed E-state index contributed by atoms with van der Waals surface area (Å²) in [5.74, 6) is 1.96. The standard InChI is InChI=1S/C28H26Br2IN3O3/c1-3-5-6-26-33-24-12-11-21(30)15-22(24)28(35)34(26)32-16-19-13-23(31)27(25(14-19)36-4-2)37-17-18-7-9-20(29)10-8-18/h7-16H,3-6,17H2,1-2H3. The normalized spacial score (nSPS) is 11.4. The topological polar surface area (TPSA) is 65.7 Å². The minimum Gasteiger partial charge on any atom is -0.490 e. The van der Waals surface area contributed by atoms with Gasteiger partial charge in [0.1, 0.15) is 12.4 Å². The molecule has 0 atom stereocenters. The molecule has 4 aromatic rings. The minimum absolute atomic E-state index is 0.192. The van der Waals surface area contributed by atoms with Crippen LogP contribution in [0.3, 0.4) is 0 Å². The van der Waals surface area contributed by atoms with E-state index in [-0.39, 0.29) is 5.56 Å². The highest BCUT2D eigenvalue weighted by Gasteiger charge is 2.14. The zero-order chi connectivity index (χ0) is 26.4. The molecule has 0 aliphatic heterocycles. The summed E-state index contributed by atoms with van der Waals surface area (Å²) in [6.45, 7) is 4.96. The first-order valence-electron chi connectivity index (χ1n) is 12.0. The summed E-state index contributed by atoms with van der Waals surface area (Å²) in [5, 5.41) is 5.10. The van der Waals surface area contributed by atoms with E-state index in [1.54, 1.807) is 12.3 Å². The largest absolute Gasteiger partial charge is 0.490 e. The van der Waals surface area contributed by atoms with E-state index in [0.29, 0.717) is 47.9 Å². The summed E-state index contributed by atoms with van der Waals surface area (Å²) in [5.41, 5.74) is 2.34. The Hall–Kier alpha value is -2.24. The highest BCUT2D eigenvalue weighted by atomic mass is 127. The zero-order valence-electron chi connectivity index (χ0n) is 20.5. The Balaban J connectivity index is 1.68. The van der Waals surface area contributed by atoms with Crippen LogP contribution < -0.4 is 15.0 Å². The second-order valence-corrected chi connectivity index (χ2v) is 11.3. The first kappa shape index (κ1) is 27.8. The molecule has 0 bridgehead atoms. The van der Waals surface area contributed by atoms with Crippen molar-refractivity contribution in [3.8, 4) is 11.5 Å². The van der Waals surface area contributed by atoms with Crippen molar-refractivity contribution in [2.24, 2.45) is 5.10 Å². The van der Waals surface area contributed by atoms with E-state index in [1.807, 2.05) is 55.5 Å². The molecule has 0 unspecified atom stereocenters. The molecule has 192 valence electrons. The highest BCUT2D eigenvalue weighted by Crippen LogP contribution is 2.34. The van der Waals surface area contributed by atoms with Crippen LogP contribution in [0.2, 0.25) is 0 Å². The van der Waals surface area contributed by atoms with Crippen LogP contribution in [0.1, 0.15) is 43.6 Å². The van der Waals surface area contributed by atoms with Crippen molar-refractivity contribution < 1.29 is 9.47 Å². The van der Waals surface area contributed by atoms with Gasteiger partial charge in [0, 0.05) is 15.4 Å². The second-order valence-electron chi connectivity index (χ2n) is 8.33. The lowest BCUT2D eigenvalue weighted by Gasteiger charge is -2.15. The van der Waals surface area contributed by atoms with Crippen LogP contribution >= 0.6 is 54.5 Å². The molecule has 1 aromatic heterocycles. The quantitative estimate of drug-likeness (QED) is 0.124. The number of rotatable bonds is 10. The van der Waals surface area contributed by atoms with E-state index in [0.717, 1.165) is 36.5 Å². The molecule has 0 spiro atoms. The molecule has 0 aliphatic carbocycles. The maximum Gasteiger partial charge on any atom is 0.282 e. The van der Waals surface area contributed by atoms with E-state index in [4.69, 9.17) is 14.5 Å². The van der Waals surface area contributed by atoms with Crippen molar-refractivity contribution in [1.29, 1.82) is 0 Å². The van der Waals surface area contributed by atoms with E-state index in [1.165, 1.54) is 4.68 Å². The molecule has 0 aliphatic rings. The van der Waals surface area contributed by atoms with Crippen LogP contribution in [0.15, 0.2) is 73.4 Å². The van der Waals surface area contributed by atoms with Gasteiger partial charge in [0.25, 0.3) is 5.56 Å². The number of benzene rings is 3. The van der Waals surface area contributed by atoms with Gasteiger partial charge in [-0.05, 0) is 89.5 Å². The minimum atomic E-state index is -0.192. The number of aromatic nitrogens is 2. The van der Waals surface area contributed by atoms with Gasteiger partial charge in [0.05, 0.1) is 27.3 Å². The third-order valence-corrected chi connectivity index (χ3v) is 7.40. The molecular formula is C28H26Br2IN3O3. The average molecular weight is 739 g/mol. The van der Waals surface area contributed by atoms with Gasteiger partial charge >= 0.3 is 0 Å². The molecule has 0 N–H and O–H groups in total. The monoisotopic (exact) mass is 737 g/mol. The smallest absolute Gasteiger partial charge is 0.282 e. The van der Waals surface area contributed by atoms with E-state index < -0.39 is 0 Å². The molecule has 9 heteroatoms. The summed E-state index contributed by atoms with van der Waals surface area (Å²) in [4.78, 5) is 18.1. The fourth-order valence-corrected chi connectivity index (χ4v) is 5.14. The first-order valence-corrected chi connectivity index (χ1v) is 14.6. The Morgan fingerprint density at radius 2 is 1.78 bits per heavy atom. The van der Waals surface area contributed by atoms with Crippen LogP contribution in [-0.4, -0.2) is 22.5 Å². The molecule has 37 heavy (non-hydrogen) atoms. The summed E-state index contributed by atoms with van der Waals surface area (Å²) in [6, 6.07) is 17.4. The predicted octanol–water partition coefficient (Wildman–Crippen LogP) is 7.73. The average Bonchev–Trinajstić information content (AvgIpc) is 2.88. The summed E-state index contributed by atoms with van der Waals surface area (Å²) in [7, 11) is 0. The lowest BCUT2D eigenvalue weighted by atomic mass is 10.2. The van der Waals surface area contributed by atoms with Gasteiger partial charge in [-0.25, -0.2) is 4.98 Å². The molecule has 3 aromatic carbocycles. The fourth-order valence-electron chi connectivity index (χ4n) is 3.74. The first-order chi connectivity index (χ1) is 17.9. The van der Waals surface area contributed by atoms with E-state index >= 15 is 0 Å². The summed E-state index contributed by atoms with van der Waals surface area (Å²) < 4.78 is 16.2. The fraction of sp³-hybridized carbons (Fsp3) is 0.250. The molecule has 0 saturated heterocycles. The maximum absolute atomic E-state index is 13.4. The molecule has 0 radical (unpaired) electrons. The number of nitrogens with zero attached hydrogens (tertiary/aromatic N) is 3. The van der Waals surface area contributed by atoms with Crippen molar-refractivity contribution in [2.45, 2.75) is 39.7 Å². The Kier molecular flexibility index (Phi) is 9.77. The van der Waals surface area contributed by atoms with Gasteiger partial charge in [0.2, 0.25) is 0 Å². The Morgan fingerprint density at radius 3 is 2.51 bits per heavy atom. The molecular weight excluding hydrogens is 713 g/mol. The number of hydrogen-bond donors (Lipinski definition) is 0. The summed E-state index contributed by atoms with van der Waals surface area (Å²) >= 11 is 9.15. The Labute approximate surface area is 246 Å². The number of halogens is 3. The third-order valence-electron chi connectivity index (χ3n) is 5.58. The number of unbranched alkanes of at least 4 members (excludes halogenated alkanes) is 1. The molecule has 1 heterocycles. The van der Waals surface area contributed by atoms with Crippen molar-refractivity contribution >= 4 is 71.6 Å².